The van der Waals surface area contributed by atoms with Gasteiger partial charge in [0, 0.05) is 0 Å². The summed E-state index contributed by atoms with van der Waals surface area (Å²) in [6.07, 6.45) is 22.8. The summed E-state index contributed by atoms with van der Waals surface area (Å²) in [5.74, 6) is 0. The molecule has 0 radical (unpaired) electrons. The minimum absolute atomic E-state index is 1.36. The van der Waals surface area contributed by atoms with Gasteiger partial charge in [-0.3, -0.25) is 0 Å². The molecule has 0 aliphatic carbocycles. The molecule has 27 heavy (non-hydrogen) atoms. The molecular weight excluding hydrogens is 354 g/mol. The highest BCUT2D eigenvalue weighted by Crippen LogP contribution is 2.19. The van der Waals surface area contributed by atoms with Gasteiger partial charge in [0.15, 0.2) is 0 Å². The molecule has 0 heterocycles. The topological polar surface area (TPSA) is 23.1 Å². The molecule has 0 aromatic carbocycles. The number of halogens is 1. The highest BCUT2D eigenvalue weighted by molar-refractivity contribution is 6.02. The molecule has 0 N–H and O–H groups in total. The van der Waals surface area contributed by atoms with Gasteiger partial charge >= 0.3 is 0 Å². The van der Waals surface area contributed by atoms with Gasteiger partial charge in [-0.05, 0) is 51.4 Å². The molecule has 0 rings (SSSR count). The standard InChI is InChI=1S/C24H52N.ClO/c1-5-9-13-17-21-25(22-18-14-10-6-2,23-19-15-11-7-3)24-20-16-12-8-4;1-2/h5-24H2,1-4H3;/q+1;-1. The van der Waals surface area contributed by atoms with Crippen LogP contribution in [0.1, 0.15) is 130 Å². The van der Waals surface area contributed by atoms with Gasteiger partial charge in [-0.2, -0.15) is 0 Å². The summed E-state index contributed by atoms with van der Waals surface area (Å²) in [5.41, 5.74) is 0. The SMILES string of the molecule is CCCCCC[N+](CCCCCC)(CCCCCC)CCCCCC.[O-]Cl. The van der Waals surface area contributed by atoms with E-state index in [4.69, 9.17) is 4.66 Å². The van der Waals surface area contributed by atoms with Crippen molar-refractivity contribution in [1.29, 1.82) is 0 Å². The van der Waals surface area contributed by atoms with Crippen LogP contribution in [0.2, 0.25) is 0 Å². The van der Waals surface area contributed by atoms with Crippen molar-refractivity contribution in [2.45, 2.75) is 130 Å². The zero-order chi connectivity index (χ0) is 20.6. The highest BCUT2D eigenvalue weighted by atomic mass is 35.5. The lowest BCUT2D eigenvalue weighted by atomic mass is 10.1. The molecule has 0 unspecified atom stereocenters. The Morgan fingerprint density at radius 2 is 0.630 bits per heavy atom. The summed E-state index contributed by atoms with van der Waals surface area (Å²) in [4.78, 5) is 0. The van der Waals surface area contributed by atoms with E-state index < -0.39 is 0 Å². The van der Waals surface area contributed by atoms with Crippen LogP contribution in [0.25, 0.3) is 0 Å². The van der Waals surface area contributed by atoms with Gasteiger partial charge in [0.2, 0.25) is 0 Å². The van der Waals surface area contributed by atoms with Crippen molar-refractivity contribution in [1.82, 2.24) is 0 Å². The predicted octanol–water partition coefficient (Wildman–Crippen LogP) is 7.62. The van der Waals surface area contributed by atoms with Crippen molar-refractivity contribution in [3.63, 3.8) is 0 Å². The minimum atomic E-state index is 1.36. The first-order valence-electron chi connectivity index (χ1n) is 12.2. The summed E-state index contributed by atoms with van der Waals surface area (Å²) in [6.45, 7) is 15.2. The maximum atomic E-state index is 7.72. The molecule has 2 nitrogen and oxygen atoms in total. The number of unbranched alkanes of at least 4 members (excludes halogenated alkanes) is 12. The van der Waals surface area contributed by atoms with E-state index in [1.807, 2.05) is 0 Å². The molecule has 0 aromatic heterocycles. The van der Waals surface area contributed by atoms with Crippen LogP contribution < -0.4 is 4.66 Å². The summed E-state index contributed by atoms with van der Waals surface area (Å²) < 4.78 is 9.18. The number of nitrogens with zero attached hydrogens (tertiary/aromatic N) is 1. The van der Waals surface area contributed by atoms with Gasteiger partial charge in [-0.15, -0.1) is 0 Å². The van der Waals surface area contributed by atoms with Gasteiger partial charge in [-0.1, -0.05) is 79.1 Å². The van der Waals surface area contributed by atoms with E-state index in [-0.39, 0.29) is 0 Å². The predicted molar refractivity (Wildman–Crippen MR) is 122 cm³/mol. The van der Waals surface area contributed by atoms with Gasteiger partial charge in [0.25, 0.3) is 0 Å². The quantitative estimate of drug-likeness (QED) is 0.151. The van der Waals surface area contributed by atoms with Crippen molar-refractivity contribution >= 4 is 11.9 Å². The largest absolute Gasteiger partial charge is 0.769 e. The number of quaternary nitrogens is 1. The minimum Gasteiger partial charge on any atom is -0.769 e. The van der Waals surface area contributed by atoms with Crippen LogP contribution in [0.15, 0.2) is 0 Å². The average Bonchev–Trinajstić information content (AvgIpc) is 2.71. The Morgan fingerprint density at radius 3 is 0.815 bits per heavy atom. The zero-order valence-electron chi connectivity index (χ0n) is 19.4. The molecule has 3 heteroatoms. The fourth-order valence-electron chi connectivity index (χ4n) is 4.17. The maximum absolute atomic E-state index is 7.72. The van der Waals surface area contributed by atoms with Crippen LogP contribution in [0.4, 0.5) is 0 Å². The first-order valence-corrected chi connectivity index (χ1v) is 12.6. The van der Waals surface area contributed by atoms with E-state index in [0.717, 1.165) is 0 Å². The lowest BCUT2D eigenvalue weighted by molar-refractivity contribution is -0.929. The molecule has 0 saturated carbocycles. The summed E-state index contributed by atoms with van der Waals surface area (Å²) >= 11 is 3.39. The Labute approximate surface area is 177 Å². The highest BCUT2D eigenvalue weighted by Gasteiger charge is 2.25. The first kappa shape index (κ1) is 29.4. The maximum Gasteiger partial charge on any atom is 0.0786 e. The Bertz CT molecular complexity index is 207. The lowest BCUT2D eigenvalue weighted by Gasteiger charge is -2.39. The van der Waals surface area contributed by atoms with E-state index in [9.17, 15) is 0 Å². The van der Waals surface area contributed by atoms with Gasteiger partial charge in [0.1, 0.15) is 0 Å². The zero-order valence-corrected chi connectivity index (χ0v) is 20.1. The molecule has 0 spiro atoms. The van der Waals surface area contributed by atoms with Crippen molar-refractivity contribution in [3.8, 4) is 0 Å². The van der Waals surface area contributed by atoms with E-state index in [2.05, 4.69) is 39.6 Å². The Hall–Kier alpha value is 0.210. The second kappa shape index (κ2) is 24.2. The molecule has 0 saturated heterocycles. The Balaban J connectivity index is 0. The summed E-state index contributed by atoms with van der Waals surface area (Å²) in [7, 11) is 0. The monoisotopic (exact) mass is 405 g/mol. The van der Waals surface area contributed by atoms with Crippen LogP contribution in [-0.4, -0.2) is 30.7 Å². The second-order valence-corrected chi connectivity index (χ2v) is 8.48. The molecular formula is C24H52ClNO. The van der Waals surface area contributed by atoms with Crippen LogP contribution in [-0.2, 0) is 0 Å². The Kier molecular flexibility index (Phi) is 26.4. The third-order valence-corrected chi connectivity index (χ3v) is 5.94. The average molecular weight is 406 g/mol. The molecule has 0 fully saturated rings. The van der Waals surface area contributed by atoms with Crippen LogP contribution in [0.5, 0.6) is 0 Å². The molecule has 0 aromatic rings. The second-order valence-electron chi connectivity index (χ2n) is 8.48. The molecule has 0 bridgehead atoms. The van der Waals surface area contributed by atoms with Gasteiger partial charge in [-0.25, -0.2) is 11.9 Å². The van der Waals surface area contributed by atoms with Crippen molar-refractivity contribution < 1.29 is 9.14 Å². The number of hydrogen-bond donors (Lipinski definition) is 0. The fourth-order valence-corrected chi connectivity index (χ4v) is 4.17. The van der Waals surface area contributed by atoms with Crippen molar-refractivity contribution in [2.24, 2.45) is 0 Å². The molecule has 0 aliphatic heterocycles. The molecule has 166 valence electrons. The van der Waals surface area contributed by atoms with E-state index in [0.29, 0.717) is 0 Å². The summed E-state index contributed by atoms with van der Waals surface area (Å²) in [5, 5.41) is 0. The van der Waals surface area contributed by atoms with E-state index in [1.54, 1.807) is 0 Å². The number of rotatable bonds is 20. The smallest absolute Gasteiger partial charge is 0.0786 e. The van der Waals surface area contributed by atoms with E-state index in [1.165, 1.54) is 133 Å². The van der Waals surface area contributed by atoms with Crippen LogP contribution in [0.3, 0.4) is 0 Å². The molecule has 0 amide bonds. The fraction of sp³-hybridized carbons (Fsp3) is 1.00. The molecule has 0 aliphatic rings. The Morgan fingerprint density at radius 1 is 0.407 bits per heavy atom. The summed E-state index contributed by atoms with van der Waals surface area (Å²) in [6, 6.07) is 0. The molecule has 0 atom stereocenters. The van der Waals surface area contributed by atoms with Crippen molar-refractivity contribution in [3.05, 3.63) is 0 Å². The first-order chi connectivity index (χ1) is 13.2. The normalized spacial score (nSPS) is 11.3. The van der Waals surface area contributed by atoms with Crippen molar-refractivity contribution in [2.75, 3.05) is 26.2 Å². The van der Waals surface area contributed by atoms with Crippen LogP contribution >= 0.6 is 11.9 Å². The lowest BCUT2D eigenvalue weighted by Crippen LogP contribution is -2.50. The van der Waals surface area contributed by atoms with Gasteiger partial charge < -0.3 is 9.14 Å². The third kappa shape index (κ3) is 19.3. The van der Waals surface area contributed by atoms with E-state index >= 15 is 0 Å². The third-order valence-electron chi connectivity index (χ3n) is 5.94. The number of hydrogen-bond acceptors (Lipinski definition) is 1. The van der Waals surface area contributed by atoms with Gasteiger partial charge in [0.05, 0.1) is 26.2 Å². The van der Waals surface area contributed by atoms with Crippen LogP contribution in [0, 0.1) is 0 Å².